The average molecular weight is 451 g/mol. The quantitative estimate of drug-likeness (QED) is 0.541. The maximum absolute atomic E-state index is 13.4. The number of rotatable bonds is 7. The number of aromatic nitrogens is 1. The first-order valence-electron chi connectivity index (χ1n) is 10.6. The lowest BCUT2D eigenvalue weighted by molar-refractivity contribution is 0.295. The minimum absolute atomic E-state index is 0.0269. The van der Waals surface area contributed by atoms with Crippen LogP contribution in [0.4, 0.5) is 4.39 Å². The van der Waals surface area contributed by atoms with Crippen LogP contribution in [0, 0.1) is 28.5 Å². The third-order valence-corrected chi connectivity index (χ3v) is 8.03. The van der Waals surface area contributed by atoms with Gasteiger partial charge in [0.05, 0.1) is 23.5 Å². The molecule has 1 atom stereocenters. The SMILES string of the molecule is N#CCCN(C1CCc2c(c3ccccc3n2CCC#N)C1)S(=O)(=O)c1ccc(F)cc1. The van der Waals surface area contributed by atoms with E-state index < -0.39 is 15.8 Å². The first-order chi connectivity index (χ1) is 15.5. The summed E-state index contributed by atoms with van der Waals surface area (Å²) in [5.74, 6) is -0.500. The Morgan fingerprint density at radius 3 is 2.50 bits per heavy atom. The zero-order valence-electron chi connectivity index (χ0n) is 17.5. The van der Waals surface area contributed by atoms with Gasteiger partial charge in [-0.1, -0.05) is 18.2 Å². The van der Waals surface area contributed by atoms with Gasteiger partial charge in [-0.15, -0.1) is 0 Å². The first kappa shape index (κ1) is 22.0. The zero-order chi connectivity index (χ0) is 22.7. The summed E-state index contributed by atoms with van der Waals surface area (Å²) in [5, 5.41) is 19.3. The molecule has 1 aliphatic rings. The van der Waals surface area contributed by atoms with Gasteiger partial charge in [-0.3, -0.25) is 0 Å². The highest BCUT2D eigenvalue weighted by Gasteiger charge is 2.35. The molecule has 0 amide bonds. The van der Waals surface area contributed by atoms with Crippen molar-refractivity contribution in [1.29, 1.82) is 10.5 Å². The van der Waals surface area contributed by atoms with Gasteiger partial charge in [-0.05, 0) is 55.2 Å². The summed E-state index contributed by atoms with van der Waals surface area (Å²) in [4.78, 5) is 0.0269. The van der Waals surface area contributed by atoms with Crippen LogP contribution in [-0.2, 0) is 29.4 Å². The Balaban J connectivity index is 1.73. The number of nitrogens with zero attached hydrogens (tertiary/aromatic N) is 4. The molecule has 2 aromatic carbocycles. The molecular weight excluding hydrogens is 427 g/mol. The summed E-state index contributed by atoms with van der Waals surface area (Å²) in [6.45, 7) is 0.687. The van der Waals surface area contributed by atoms with Gasteiger partial charge in [0.15, 0.2) is 0 Å². The Morgan fingerprint density at radius 1 is 1.06 bits per heavy atom. The van der Waals surface area contributed by atoms with E-state index in [1.54, 1.807) is 0 Å². The second-order valence-corrected chi connectivity index (χ2v) is 9.77. The Labute approximate surface area is 187 Å². The second-order valence-electron chi connectivity index (χ2n) is 7.88. The lowest BCUT2D eigenvalue weighted by Crippen LogP contribution is -2.44. The number of hydrogen-bond donors (Lipinski definition) is 0. The highest BCUT2D eigenvalue weighted by atomic mass is 32.2. The number of fused-ring (bicyclic) bond motifs is 3. The van der Waals surface area contributed by atoms with Crippen molar-refractivity contribution >= 4 is 20.9 Å². The molecule has 3 aromatic rings. The van der Waals surface area contributed by atoms with E-state index in [0.717, 1.165) is 34.3 Å². The summed E-state index contributed by atoms with van der Waals surface area (Å²) in [6, 6.07) is 16.7. The topological polar surface area (TPSA) is 89.9 Å². The highest BCUT2D eigenvalue weighted by Crippen LogP contribution is 2.35. The third-order valence-electron chi connectivity index (χ3n) is 6.07. The van der Waals surface area contributed by atoms with Crippen LogP contribution in [0.5, 0.6) is 0 Å². The summed E-state index contributed by atoms with van der Waals surface area (Å²) in [6.07, 6.45) is 2.31. The normalized spacial score (nSPS) is 15.9. The van der Waals surface area contributed by atoms with Crippen molar-refractivity contribution in [1.82, 2.24) is 8.87 Å². The van der Waals surface area contributed by atoms with Gasteiger partial charge in [0.2, 0.25) is 10.0 Å². The fraction of sp³-hybridized carbons (Fsp3) is 0.333. The Bertz CT molecular complexity index is 1320. The Hall–Kier alpha value is -3.20. The van der Waals surface area contributed by atoms with Crippen LogP contribution in [-0.4, -0.2) is 29.9 Å². The monoisotopic (exact) mass is 450 g/mol. The maximum Gasteiger partial charge on any atom is 0.243 e. The van der Waals surface area contributed by atoms with Gasteiger partial charge < -0.3 is 4.57 Å². The van der Waals surface area contributed by atoms with Gasteiger partial charge in [-0.25, -0.2) is 12.8 Å². The molecule has 0 bridgehead atoms. The van der Waals surface area contributed by atoms with Crippen LogP contribution in [0.2, 0.25) is 0 Å². The van der Waals surface area contributed by atoms with E-state index in [-0.39, 0.29) is 23.9 Å². The number of nitriles is 2. The van der Waals surface area contributed by atoms with Crippen molar-refractivity contribution in [2.75, 3.05) is 6.54 Å². The summed E-state index contributed by atoms with van der Waals surface area (Å²) < 4.78 is 43.8. The van der Waals surface area contributed by atoms with E-state index in [9.17, 15) is 12.8 Å². The average Bonchev–Trinajstić information content (AvgIpc) is 3.11. The molecule has 0 radical (unpaired) electrons. The van der Waals surface area contributed by atoms with E-state index >= 15 is 0 Å². The van der Waals surface area contributed by atoms with Crippen LogP contribution in [0.15, 0.2) is 53.4 Å². The molecule has 0 saturated heterocycles. The van der Waals surface area contributed by atoms with Gasteiger partial charge >= 0.3 is 0 Å². The lowest BCUT2D eigenvalue weighted by atomic mass is 9.91. The molecule has 1 aromatic heterocycles. The third kappa shape index (κ3) is 4.00. The standard InChI is InChI=1S/C24H23FN4O2S/c25-18-7-10-20(11-8-18)32(30,31)29(16-4-14-27)19-9-12-24-22(17-19)21-5-1-2-6-23(21)28(24)15-3-13-26/h1-2,5-8,10-11,19H,3-4,9,12,15-17H2. The zero-order valence-corrected chi connectivity index (χ0v) is 18.4. The van der Waals surface area contributed by atoms with Crippen LogP contribution in [0.25, 0.3) is 10.9 Å². The fourth-order valence-corrected chi connectivity index (χ4v) is 6.30. The predicted molar refractivity (Wildman–Crippen MR) is 119 cm³/mol. The van der Waals surface area contributed by atoms with Gasteiger partial charge in [0.25, 0.3) is 0 Å². The van der Waals surface area contributed by atoms with Crippen molar-refractivity contribution in [2.24, 2.45) is 0 Å². The molecule has 1 heterocycles. The maximum atomic E-state index is 13.4. The summed E-state index contributed by atoms with van der Waals surface area (Å²) in [5.41, 5.74) is 3.31. The minimum atomic E-state index is -3.89. The number of halogens is 1. The fourth-order valence-electron chi connectivity index (χ4n) is 4.65. The minimum Gasteiger partial charge on any atom is -0.343 e. The molecule has 0 fully saturated rings. The molecule has 8 heteroatoms. The number of sulfonamides is 1. The molecule has 0 N–H and O–H groups in total. The van der Waals surface area contributed by atoms with Crippen molar-refractivity contribution in [3.63, 3.8) is 0 Å². The smallest absolute Gasteiger partial charge is 0.243 e. The summed E-state index contributed by atoms with van der Waals surface area (Å²) in [7, 11) is -3.89. The van der Waals surface area contributed by atoms with Crippen molar-refractivity contribution in [3.05, 3.63) is 65.6 Å². The van der Waals surface area contributed by atoms with Crippen molar-refractivity contribution in [2.45, 2.75) is 49.6 Å². The van der Waals surface area contributed by atoms with Gasteiger partial charge in [-0.2, -0.15) is 14.8 Å². The van der Waals surface area contributed by atoms with Crippen LogP contribution in [0.1, 0.15) is 30.5 Å². The van der Waals surface area contributed by atoms with E-state index in [0.29, 0.717) is 32.2 Å². The molecule has 0 aliphatic heterocycles. The summed E-state index contributed by atoms with van der Waals surface area (Å²) >= 11 is 0. The second kappa shape index (κ2) is 9.12. The van der Waals surface area contributed by atoms with E-state index in [1.165, 1.54) is 16.4 Å². The number of hydrogen-bond acceptors (Lipinski definition) is 4. The molecule has 1 unspecified atom stereocenters. The van der Waals surface area contributed by atoms with E-state index in [4.69, 9.17) is 10.5 Å². The largest absolute Gasteiger partial charge is 0.343 e. The van der Waals surface area contributed by atoms with E-state index in [1.807, 2.05) is 30.3 Å². The molecule has 164 valence electrons. The highest BCUT2D eigenvalue weighted by molar-refractivity contribution is 7.89. The molecular formula is C24H23FN4O2S. The van der Waals surface area contributed by atoms with Gasteiger partial charge in [0.1, 0.15) is 5.82 Å². The van der Waals surface area contributed by atoms with E-state index in [2.05, 4.69) is 10.6 Å². The first-order valence-corrected chi connectivity index (χ1v) is 12.0. The molecule has 0 saturated carbocycles. The van der Waals surface area contributed by atoms with Crippen molar-refractivity contribution < 1.29 is 12.8 Å². The Morgan fingerprint density at radius 2 is 1.78 bits per heavy atom. The molecule has 32 heavy (non-hydrogen) atoms. The molecule has 4 rings (SSSR count). The molecule has 0 spiro atoms. The van der Waals surface area contributed by atoms with Crippen LogP contribution in [0.3, 0.4) is 0 Å². The van der Waals surface area contributed by atoms with Gasteiger partial charge in [0, 0.05) is 42.1 Å². The lowest BCUT2D eigenvalue weighted by Gasteiger charge is -2.33. The number of aryl methyl sites for hydroxylation is 1. The van der Waals surface area contributed by atoms with Crippen LogP contribution >= 0.6 is 0 Å². The molecule has 1 aliphatic carbocycles. The number of para-hydroxylation sites is 1. The predicted octanol–water partition coefficient (Wildman–Crippen LogP) is 4.16. The van der Waals surface area contributed by atoms with Crippen molar-refractivity contribution in [3.8, 4) is 12.1 Å². The Kier molecular flexibility index (Phi) is 6.27. The number of benzene rings is 2. The molecule has 6 nitrogen and oxygen atoms in total. The van der Waals surface area contributed by atoms with Crippen LogP contribution < -0.4 is 0 Å².